The lowest BCUT2D eigenvalue weighted by atomic mass is 10.0. The van der Waals surface area contributed by atoms with Crippen LogP contribution in [0.4, 0.5) is 26.0 Å². The minimum absolute atomic E-state index is 0.217. The van der Waals surface area contributed by atoms with Gasteiger partial charge in [0.05, 0.1) is 5.52 Å². The largest absolute Gasteiger partial charge is 0.374 e. The summed E-state index contributed by atoms with van der Waals surface area (Å²) in [6, 6.07) is 24.0. The molecule has 2 saturated heterocycles. The van der Waals surface area contributed by atoms with Gasteiger partial charge in [0.25, 0.3) is 5.91 Å². The van der Waals surface area contributed by atoms with Gasteiger partial charge in [0.15, 0.2) is 5.82 Å². The zero-order valence-corrected chi connectivity index (χ0v) is 33.0. The lowest BCUT2D eigenvalue weighted by molar-refractivity contribution is -0.134. The van der Waals surface area contributed by atoms with Crippen LogP contribution in [-0.4, -0.2) is 77.5 Å². The molecule has 0 radical (unpaired) electrons. The van der Waals surface area contributed by atoms with Crippen molar-refractivity contribution < 1.29 is 28.0 Å². The Morgan fingerprint density at radius 2 is 1.56 bits per heavy atom. The van der Waals surface area contributed by atoms with Crippen molar-refractivity contribution in [2.24, 2.45) is 0 Å². The van der Waals surface area contributed by atoms with E-state index >= 15 is 0 Å². The van der Waals surface area contributed by atoms with E-state index in [9.17, 15) is 28.0 Å². The molecule has 308 valence electrons. The van der Waals surface area contributed by atoms with Gasteiger partial charge in [-0.25, -0.2) is 8.78 Å². The Bertz CT molecular complexity index is 2250. The molecule has 1 atom stereocenters. The minimum atomic E-state index is -0.624. The smallest absolute Gasteiger partial charge is 0.256 e. The number of aromatic amines is 1. The van der Waals surface area contributed by atoms with E-state index in [1.807, 2.05) is 65.6 Å². The number of nitrogens with one attached hydrogen (secondary N) is 5. The highest BCUT2D eigenvalue weighted by molar-refractivity contribution is 6.08. The first-order valence-electron chi connectivity index (χ1n) is 20.4. The summed E-state index contributed by atoms with van der Waals surface area (Å²) >= 11 is 0. The van der Waals surface area contributed by atoms with Crippen LogP contribution in [0.2, 0.25) is 0 Å². The summed E-state index contributed by atoms with van der Waals surface area (Å²) < 4.78 is 27.4. The summed E-state index contributed by atoms with van der Waals surface area (Å²) in [4.78, 5) is 53.8. The van der Waals surface area contributed by atoms with Crippen LogP contribution in [0.15, 0.2) is 84.9 Å². The number of fused-ring (bicyclic) bond motifs is 1. The van der Waals surface area contributed by atoms with Gasteiger partial charge in [-0.1, -0.05) is 37.5 Å². The van der Waals surface area contributed by atoms with E-state index in [1.165, 1.54) is 12.1 Å². The molecule has 2 aliphatic rings. The molecule has 0 aliphatic carbocycles. The molecule has 14 heteroatoms. The fourth-order valence-electron chi connectivity index (χ4n) is 7.68. The van der Waals surface area contributed by atoms with Gasteiger partial charge in [-0.05, 0) is 110 Å². The van der Waals surface area contributed by atoms with Gasteiger partial charge in [-0.2, -0.15) is 5.10 Å². The van der Waals surface area contributed by atoms with Gasteiger partial charge >= 0.3 is 0 Å². The summed E-state index contributed by atoms with van der Waals surface area (Å²) in [7, 11) is 0. The van der Waals surface area contributed by atoms with Gasteiger partial charge in [0.2, 0.25) is 17.7 Å². The van der Waals surface area contributed by atoms with E-state index in [4.69, 9.17) is 0 Å². The van der Waals surface area contributed by atoms with Crippen molar-refractivity contribution in [3.8, 4) is 0 Å². The lowest BCUT2D eigenvalue weighted by Gasteiger charge is -2.36. The third-order valence-corrected chi connectivity index (χ3v) is 10.9. The topological polar surface area (TPSA) is 152 Å². The van der Waals surface area contributed by atoms with Crippen molar-refractivity contribution in [1.29, 1.82) is 0 Å². The standard InChI is InChI=1S/C45H50F2N8O4/c46-34-25-32(26-35(47)28-34)23-30-10-15-39-38(27-30)43(53-52-39)51-44(58)33-8-6-7-31(24-33)29-48-18-5-3-1-2-4-9-42(57)55-21-19-54(20-22-55)37-13-11-36(12-14-37)49-40-16-17-41(56)50-45(40)59/h6-8,10-15,24-28,40,48-49H,1-5,9,16-23,29H2,(H,50,56,59)(H2,51,52,53,58). The highest BCUT2D eigenvalue weighted by Crippen LogP contribution is 2.25. The number of anilines is 3. The van der Waals surface area contributed by atoms with Crippen LogP contribution >= 0.6 is 0 Å². The second kappa shape index (κ2) is 19.5. The Hall–Kier alpha value is -6.15. The van der Waals surface area contributed by atoms with Crippen LogP contribution in [0.1, 0.15) is 78.4 Å². The number of rotatable bonds is 17. The van der Waals surface area contributed by atoms with Gasteiger partial charge in [0.1, 0.15) is 17.7 Å². The van der Waals surface area contributed by atoms with Crippen LogP contribution in [0.25, 0.3) is 10.9 Å². The number of piperazine rings is 1. The molecule has 5 N–H and O–H groups in total. The van der Waals surface area contributed by atoms with Crippen LogP contribution < -0.4 is 26.2 Å². The zero-order valence-electron chi connectivity index (χ0n) is 33.0. The molecule has 0 saturated carbocycles. The Kier molecular flexibility index (Phi) is 13.6. The van der Waals surface area contributed by atoms with Crippen LogP contribution in [0, 0.1) is 11.6 Å². The van der Waals surface area contributed by atoms with Gasteiger partial charge in [-0.3, -0.25) is 29.6 Å². The van der Waals surface area contributed by atoms with Crippen LogP contribution in [0.5, 0.6) is 0 Å². The van der Waals surface area contributed by atoms with Gasteiger partial charge < -0.3 is 25.8 Å². The minimum Gasteiger partial charge on any atom is -0.374 e. The molecule has 4 aromatic carbocycles. The monoisotopic (exact) mass is 804 g/mol. The second-order valence-corrected chi connectivity index (χ2v) is 15.3. The molecule has 7 rings (SSSR count). The number of hydrogen-bond acceptors (Lipinski definition) is 8. The Balaban J connectivity index is 0.753. The molecule has 4 amide bonds. The normalized spacial score (nSPS) is 15.7. The number of carbonyl (C=O) groups excluding carboxylic acids is 4. The number of imide groups is 1. The number of hydrogen-bond donors (Lipinski definition) is 5. The van der Waals surface area contributed by atoms with Crippen LogP contribution in [0.3, 0.4) is 0 Å². The SMILES string of the molecule is O=C1CCC(Nc2ccc(N3CCN(C(=O)CCCCCCCNCc4cccc(C(=O)Nc5n[nH]c6ccc(Cc7cc(F)cc(F)c7)cc56)c4)CC3)cc2)C(=O)N1. The number of halogens is 2. The zero-order chi connectivity index (χ0) is 41.1. The number of amides is 4. The third-order valence-electron chi connectivity index (χ3n) is 10.9. The Morgan fingerprint density at radius 3 is 2.34 bits per heavy atom. The summed E-state index contributed by atoms with van der Waals surface area (Å²) in [5.41, 5.74) is 5.49. The summed E-state index contributed by atoms with van der Waals surface area (Å²) in [6.07, 6.45) is 6.77. The Morgan fingerprint density at radius 1 is 0.797 bits per heavy atom. The number of carbonyl (C=O) groups is 4. The summed E-state index contributed by atoms with van der Waals surface area (Å²) in [5, 5.41) is 19.9. The number of H-pyrrole nitrogens is 1. The molecule has 2 aliphatic heterocycles. The van der Waals surface area contributed by atoms with E-state index in [1.54, 1.807) is 6.07 Å². The number of benzene rings is 4. The molecule has 59 heavy (non-hydrogen) atoms. The van der Waals surface area contributed by atoms with Gasteiger partial charge in [0, 0.05) is 74.0 Å². The van der Waals surface area contributed by atoms with Crippen molar-refractivity contribution in [3.05, 3.63) is 119 Å². The first kappa shape index (κ1) is 41.0. The van der Waals surface area contributed by atoms with E-state index in [2.05, 4.69) is 36.4 Å². The molecule has 1 unspecified atom stereocenters. The molecule has 5 aromatic rings. The predicted octanol–water partition coefficient (Wildman–Crippen LogP) is 6.68. The van der Waals surface area contributed by atoms with E-state index < -0.39 is 17.7 Å². The highest BCUT2D eigenvalue weighted by Gasteiger charge is 2.26. The fraction of sp³-hybridized carbons (Fsp3) is 0.356. The summed E-state index contributed by atoms with van der Waals surface area (Å²) in [6.45, 7) is 4.41. The van der Waals surface area contributed by atoms with Crippen LogP contribution in [-0.2, 0) is 27.3 Å². The predicted molar refractivity (Wildman–Crippen MR) is 224 cm³/mol. The molecule has 0 bridgehead atoms. The average Bonchev–Trinajstić information content (AvgIpc) is 3.62. The van der Waals surface area contributed by atoms with Crippen molar-refractivity contribution >= 4 is 51.7 Å². The number of unbranched alkanes of at least 4 members (excludes halogenated alkanes) is 4. The lowest BCUT2D eigenvalue weighted by Crippen LogP contribution is -2.48. The molecule has 1 aromatic heterocycles. The van der Waals surface area contributed by atoms with Crippen molar-refractivity contribution in [2.45, 2.75) is 70.4 Å². The maximum Gasteiger partial charge on any atom is 0.256 e. The van der Waals surface area contributed by atoms with E-state index in [0.29, 0.717) is 67.6 Å². The number of nitrogens with zero attached hydrogens (tertiary/aromatic N) is 3. The molecule has 12 nitrogen and oxygen atoms in total. The maximum absolute atomic E-state index is 13.7. The fourth-order valence-corrected chi connectivity index (χ4v) is 7.68. The molecular formula is C45H50F2N8O4. The van der Waals surface area contributed by atoms with E-state index in [0.717, 1.165) is 85.8 Å². The molecule has 2 fully saturated rings. The molecule has 3 heterocycles. The number of piperidine rings is 1. The average molecular weight is 805 g/mol. The van der Waals surface area contributed by atoms with Gasteiger partial charge in [-0.15, -0.1) is 0 Å². The Labute approximate surface area is 342 Å². The van der Waals surface area contributed by atoms with Crippen molar-refractivity contribution in [2.75, 3.05) is 48.3 Å². The quantitative estimate of drug-likeness (QED) is 0.0516. The molecule has 0 spiro atoms. The van der Waals surface area contributed by atoms with Crippen molar-refractivity contribution in [3.63, 3.8) is 0 Å². The summed E-state index contributed by atoms with van der Waals surface area (Å²) in [5.74, 6) is -1.46. The van der Waals surface area contributed by atoms with E-state index in [-0.39, 0.29) is 23.6 Å². The second-order valence-electron chi connectivity index (χ2n) is 15.3. The molecular weight excluding hydrogens is 755 g/mol. The first-order valence-corrected chi connectivity index (χ1v) is 20.4. The third kappa shape index (κ3) is 11.3. The first-order chi connectivity index (χ1) is 28.7. The maximum atomic E-state index is 13.7. The number of aromatic nitrogens is 2. The van der Waals surface area contributed by atoms with Crippen molar-refractivity contribution in [1.82, 2.24) is 25.7 Å². The highest BCUT2D eigenvalue weighted by atomic mass is 19.1.